The molecule has 0 radical (unpaired) electrons. The van der Waals surface area contributed by atoms with Crippen molar-refractivity contribution in [2.24, 2.45) is 0 Å². The first-order valence-corrected chi connectivity index (χ1v) is 16.0. The predicted octanol–water partition coefficient (Wildman–Crippen LogP) is 10.6. The number of Topliss-reactive ketones (excluding diaryl/α,β-unsaturated/α-hetero) is 2. The van der Waals surface area contributed by atoms with Gasteiger partial charge in [-0.1, -0.05) is 65.8 Å². The number of rotatable bonds is 6. The van der Waals surface area contributed by atoms with Gasteiger partial charge in [-0.25, -0.2) is 4.79 Å². The minimum atomic E-state index is -0.842. The molecule has 2 aromatic heterocycles. The van der Waals surface area contributed by atoms with Crippen LogP contribution in [0.3, 0.4) is 0 Å². The van der Waals surface area contributed by atoms with Gasteiger partial charge in [0.05, 0.1) is 0 Å². The van der Waals surface area contributed by atoms with Gasteiger partial charge in [0.15, 0.2) is 11.6 Å². The second kappa shape index (κ2) is 12.0. The summed E-state index contributed by atoms with van der Waals surface area (Å²) in [7, 11) is 0. The molecular weight excluding hydrogens is 600 g/mol. The van der Waals surface area contributed by atoms with Crippen LogP contribution in [0.4, 0.5) is 4.79 Å². The summed E-state index contributed by atoms with van der Waals surface area (Å²) in [6, 6.07) is 26.5. The van der Waals surface area contributed by atoms with E-state index in [0.29, 0.717) is 22.6 Å². The summed E-state index contributed by atoms with van der Waals surface area (Å²) in [6.45, 7) is 15.5. The van der Waals surface area contributed by atoms with Crippen molar-refractivity contribution in [2.75, 3.05) is 0 Å². The van der Waals surface area contributed by atoms with E-state index in [0.717, 1.165) is 55.4 Å². The highest BCUT2D eigenvalue weighted by atomic mass is 16.7. The number of aromatic amines is 2. The zero-order chi connectivity index (χ0) is 34.5. The van der Waals surface area contributed by atoms with Crippen LogP contribution in [0.5, 0.6) is 11.5 Å². The van der Waals surface area contributed by atoms with Crippen LogP contribution >= 0.6 is 0 Å². The smallest absolute Gasteiger partial charge is 0.394 e. The standard InChI is InChI=1S/C41H40N2O5/c1-23(44)25-15-17-31-27(19-25)21-33(42-31)29-11-9-13-35(37(29)40(3,4)5)47-39(46)48-36-14-10-12-30(38(36)41(6,7)8)34-22-28-20-26(24(2)45)16-18-32(28)43-34/h9-22,42-43H,1-8H3. The number of benzene rings is 4. The zero-order valence-electron chi connectivity index (χ0n) is 28.6. The molecule has 0 saturated carbocycles. The van der Waals surface area contributed by atoms with Gasteiger partial charge in [0.25, 0.3) is 0 Å². The molecule has 7 nitrogen and oxygen atoms in total. The normalized spacial score (nSPS) is 12.0. The van der Waals surface area contributed by atoms with Crippen LogP contribution in [0.2, 0.25) is 0 Å². The number of ketones is 2. The van der Waals surface area contributed by atoms with Crippen molar-refractivity contribution in [2.45, 2.75) is 66.2 Å². The number of aromatic nitrogens is 2. The van der Waals surface area contributed by atoms with E-state index in [1.807, 2.05) is 72.8 Å². The minimum absolute atomic E-state index is 0.00803. The topological polar surface area (TPSA) is 101 Å². The minimum Gasteiger partial charge on any atom is -0.394 e. The van der Waals surface area contributed by atoms with E-state index in [9.17, 15) is 14.4 Å². The Hall–Kier alpha value is -5.43. The second-order valence-electron chi connectivity index (χ2n) is 14.4. The van der Waals surface area contributed by atoms with Gasteiger partial charge in [-0.3, -0.25) is 9.59 Å². The fourth-order valence-corrected chi connectivity index (χ4v) is 6.42. The molecular formula is C41H40N2O5. The molecule has 6 aromatic rings. The number of carbonyl (C=O) groups is 3. The van der Waals surface area contributed by atoms with Crippen molar-refractivity contribution in [1.29, 1.82) is 0 Å². The highest BCUT2D eigenvalue weighted by Crippen LogP contribution is 2.42. The average Bonchev–Trinajstić information content (AvgIpc) is 3.63. The summed E-state index contributed by atoms with van der Waals surface area (Å²) < 4.78 is 12.0. The van der Waals surface area contributed by atoms with Crippen LogP contribution in [-0.4, -0.2) is 27.7 Å². The largest absolute Gasteiger partial charge is 0.519 e. The van der Waals surface area contributed by atoms with Crippen LogP contribution in [0.25, 0.3) is 44.3 Å². The van der Waals surface area contributed by atoms with Crippen LogP contribution in [0, 0.1) is 0 Å². The van der Waals surface area contributed by atoms with Gasteiger partial charge in [0.2, 0.25) is 0 Å². The van der Waals surface area contributed by atoms with Crippen LogP contribution in [0.15, 0.2) is 84.9 Å². The predicted molar refractivity (Wildman–Crippen MR) is 192 cm³/mol. The van der Waals surface area contributed by atoms with E-state index in [2.05, 4.69) is 51.5 Å². The Balaban J connectivity index is 1.36. The van der Waals surface area contributed by atoms with E-state index in [1.165, 1.54) is 0 Å². The first-order valence-electron chi connectivity index (χ1n) is 16.0. The number of ether oxygens (including phenoxy) is 2. The van der Waals surface area contributed by atoms with E-state index in [1.54, 1.807) is 26.0 Å². The lowest BCUT2D eigenvalue weighted by atomic mass is 9.82. The summed E-state index contributed by atoms with van der Waals surface area (Å²) in [5.41, 5.74) is 7.47. The Morgan fingerprint density at radius 1 is 0.542 bits per heavy atom. The molecule has 0 bridgehead atoms. The maximum atomic E-state index is 13.6. The van der Waals surface area contributed by atoms with Crippen LogP contribution < -0.4 is 9.47 Å². The summed E-state index contributed by atoms with van der Waals surface area (Å²) in [6.07, 6.45) is -0.842. The van der Waals surface area contributed by atoms with Gasteiger partial charge < -0.3 is 19.4 Å². The van der Waals surface area contributed by atoms with Crippen molar-refractivity contribution >= 4 is 39.5 Å². The number of hydrogen-bond donors (Lipinski definition) is 2. The van der Waals surface area contributed by atoms with Crippen LogP contribution in [-0.2, 0) is 10.8 Å². The van der Waals surface area contributed by atoms with Gasteiger partial charge in [0, 0.05) is 66.6 Å². The molecule has 6 rings (SSSR count). The molecule has 0 saturated heterocycles. The number of nitrogens with one attached hydrogen (secondary N) is 2. The van der Waals surface area contributed by atoms with Crippen molar-refractivity contribution in [1.82, 2.24) is 9.97 Å². The molecule has 0 atom stereocenters. The van der Waals surface area contributed by atoms with Gasteiger partial charge in [-0.15, -0.1) is 0 Å². The van der Waals surface area contributed by atoms with Crippen molar-refractivity contribution in [3.05, 3.63) is 107 Å². The second-order valence-corrected chi connectivity index (χ2v) is 14.4. The Labute approximate surface area is 280 Å². The summed E-state index contributed by atoms with van der Waals surface area (Å²) >= 11 is 0. The molecule has 0 aliphatic carbocycles. The molecule has 2 heterocycles. The SMILES string of the molecule is CC(=O)c1ccc2[nH]c(-c3cccc(OC(=O)Oc4cccc(-c5cc6cc(C(C)=O)ccc6[nH]5)c4C(C)(C)C)c3C(C)(C)C)cc2c1. The summed E-state index contributed by atoms with van der Waals surface area (Å²) in [4.78, 5) is 44.5. The maximum Gasteiger partial charge on any atom is 0.519 e. The highest BCUT2D eigenvalue weighted by molar-refractivity contribution is 6.00. The molecule has 0 unspecified atom stereocenters. The van der Waals surface area contributed by atoms with E-state index >= 15 is 0 Å². The van der Waals surface area contributed by atoms with Gasteiger partial charge in [-0.05, 0) is 85.3 Å². The van der Waals surface area contributed by atoms with Crippen molar-refractivity contribution in [3.63, 3.8) is 0 Å². The lowest BCUT2D eigenvalue weighted by Crippen LogP contribution is -2.22. The van der Waals surface area contributed by atoms with Crippen molar-refractivity contribution in [3.8, 4) is 34.0 Å². The lowest BCUT2D eigenvalue weighted by molar-refractivity contribution is 0.100. The molecule has 0 amide bonds. The molecule has 244 valence electrons. The van der Waals surface area contributed by atoms with Gasteiger partial charge in [-0.2, -0.15) is 0 Å². The third-order valence-corrected chi connectivity index (χ3v) is 8.57. The molecule has 48 heavy (non-hydrogen) atoms. The van der Waals surface area contributed by atoms with E-state index < -0.39 is 17.0 Å². The van der Waals surface area contributed by atoms with Crippen molar-refractivity contribution < 1.29 is 23.9 Å². The summed E-state index contributed by atoms with van der Waals surface area (Å²) in [5.74, 6) is 0.819. The average molecular weight is 641 g/mol. The number of hydrogen-bond acceptors (Lipinski definition) is 5. The fourth-order valence-electron chi connectivity index (χ4n) is 6.42. The fraction of sp³-hybridized carbons (Fsp3) is 0.244. The first-order chi connectivity index (χ1) is 22.6. The lowest BCUT2D eigenvalue weighted by Gasteiger charge is -2.26. The van der Waals surface area contributed by atoms with E-state index in [4.69, 9.17) is 9.47 Å². The highest BCUT2D eigenvalue weighted by Gasteiger charge is 2.29. The molecule has 0 fully saturated rings. The third kappa shape index (κ3) is 6.28. The number of fused-ring (bicyclic) bond motifs is 2. The Morgan fingerprint density at radius 2 is 0.938 bits per heavy atom. The molecule has 0 aliphatic heterocycles. The molecule has 4 aromatic carbocycles. The van der Waals surface area contributed by atoms with E-state index in [-0.39, 0.29) is 11.6 Å². The zero-order valence-corrected chi connectivity index (χ0v) is 28.6. The third-order valence-electron chi connectivity index (χ3n) is 8.57. The molecule has 2 N–H and O–H groups in total. The molecule has 0 aliphatic rings. The Morgan fingerprint density at radius 3 is 1.29 bits per heavy atom. The molecule has 7 heteroatoms. The summed E-state index contributed by atoms with van der Waals surface area (Å²) in [5, 5.41) is 1.85. The maximum absolute atomic E-state index is 13.6. The number of H-pyrrole nitrogens is 2. The van der Waals surface area contributed by atoms with Crippen LogP contribution in [0.1, 0.15) is 87.2 Å². The quantitative estimate of drug-likeness (QED) is 0.107. The number of carbonyl (C=O) groups excluding carboxylic acids is 3. The Bertz CT molecular complexity index is 2080. The Kier molecular flexibility index (Phi) is 8.11. The van der Waals surface area contributed by atoms with Gasteiger partial charge >= 0.3 is 6.16 Å². The monoisotopic (exact) mass is 640 g/mol. The first kappa shape index (κ1) is 32.5. The molecule has 0 spiro atoms. The van der Waals surface area contributed by atoms with Gasteiger partial charge in [0.1, 0.15) is 11.5 Å².